The molecular formula is C23H24N6O4. The summed E-state index contributed by atoms with van der Waals surface area (Å²) in [6, 6.07) is 8.85. The van der Waals surface area contributed by atoms with Crippen molar-refractivity contribution in [3.63, 3.8) is 0 Å². The highest BCUT2D eigenvalue weighted by Gasteiger charge is 2.56. The molecule has 0 saturated carbocycles. The third-order valence-electron chi connectivity index (χ3n) is 6.49. The Kier molecular flexibility index (Phi) is 6.30. The van der Waals surface area contributed by atoms with E-state index in [1.54, 1.807) is 0 Å². The second-order valence-corrected chi connectivity index (χ2v) is 8.25. The zero-order chi connectivity index (χ0) is 24.5. The summed E-state index contributed by atoms with van der Waals surface area (Å²) < 4.78 is 10.6. The Balaban J connectivity index is 2.43. The van der Waals surface area contributed by atoms with Crippen LogP contribution in [0.1, 0.15) is 25.3 Å². The Morgan fingerprint density at radius 1 is 1.21 bits per heavy atom. The highest BCUT2D eigenvalue weighted by molar-refractivity contribution is 5.64. The Morgan fingerprint density at radius 2 is 1.82 bits per heavy atom. The van der Waals surface area contributed by atoms with Crippen LogP contribution in [0.25, 0.3) is 0 Å². The molecule has 10 heteroatoms. The zero-order valence-electron chi connectivity index (χ0n) is 18.8. The average Bonchev–Trinajstić information content (AvgIpc) is 2.82. The molecule has 1 aromatic carbocycles. The minimum atomic E-state index is -1.99. The maximum Gasteiger partial charge on any atom is 0.276 e. The Bertz CT molecular complexity index is 1170. The van der Waals surface area contributed by atoms with Crippen LogP contribution in [0.3, 0.4) is 0 Å². The third-order valence-corrected chi connectivity index (χ3v) is 6.49. The van der Waals surface area contributed by atoms with Gasteiger partial charge in [-0.25, -0.2) is 0 Å². The molecule has 3 rings (SSSR count). The van der Waals surface area contributed by atoms with Crippen LogP contribution in [0.15, 0.2) is 35.1 Å². The number of hydrogen-bond donors (Lipinski definition) is 1. The van der Waals surface area contributed by atoms with Gasteiger partial charge in [0, 0.05) is 36.5 Å². The molecule has 1 aliphatic heterocycles. The van der Waals surface area contributed by atoms with E-state index >= 15 is 0 Å². The standard InChI is InChI=1S/C23H24N6O4/c1-13(2)28-6-5-14-16(9-24)22(27)23(11-25,12-26)21(17(14)10-28)15-7-19(32-3)20(33-4)8-18(15)29(30)31/h5,7-8,13,17,21H,6,10,27H2,1-4H3/t17-,21+/m0/s1. The van der Waals surface area contributed by atoms with Crippen LogP contribution in [0, 0.1) is 55.4 Å². The van der Waals surface area contributed by atoms with Crippen molar-refractivity contribution >= 4 is 5.69 Å². The number of fused-ring (bicyclic) bond motifs is 1. The molecule has 0 spiro atoms. The highest BCUT2D eigenvalue weighted by Crippen LogP contribution is 2.56. The first-order valence-corrected chi connectivity index (χ1v) is 10.3. The monoisotopic (exact) mass is 448 g/mol. The van der Waals surface area contributed by atoms with Gasteiger partial charge in [0.1, 0.15) is 6.07 Å². The predicted octanol–water partition coefficient (Wildman–Crippen LogP) is 2.75. The first-order chi connectivity index (χ1) is 15.7. The van der Waals surface area contributed by atoms with Gasteiger partial charge in [-0.15, -0.1) is 0 Å². The summed E-state index contributed by atoms with van der Waals surface area (Å²) in [5.41, 5.74) is 4.62. The van der Waals surface area contributed by atoms with Crippen molar-refractivity contribution in [2.24, 2.45) is 17.1 Å². The summed E-state index contributed by atoms with van der Waals surface area (Å²) in [7, 11) is 2.75. The van der Waals surface area contributed by atoms with Crippen LogP contribution in [0.5, 0.6) is 11.5 Å². The van der Waals surface area contributed by atoms with E-state index < -0.39 is 22.2 Å². The lowest BCUT2D eigenvalue weighted by Gasteiger charge is -2.46. The maximum atomic E-state index is 12.1. The Hall–Kier alpha value is -4.07. The van der Waals surface area contributed by atoms with E-state index in [0.29, 0.717) is 18.7 Å². The molecule has 0 saturated heterocycles. The van der Waals surface area contributed by atoms with E-state index in [4.69, 9.17) is 15.2 Å². The van der Waals surface area contributed by atoms with E-state index in [1.165, 1.54) is 26.4 Å². The largest absolute Gasteiger partial charge is 0.493 e. The number of nitro groups is 1. The number of allylic oxidation sites excluding steroid dienone is 2. The fourth-order valence-corrected chi connectivity index (χ4v) is 4.76. The number of nitrogens with zero attached hydrogens (tertiary/aromatic N) is 5. The molecule has 2 N–H and O–H groups in total. The summed E-state index contributed by atoms with van der Waals surface area (Å²) in [5, 5.41) is 42.4. The van der Waals surface area contributed by atoms with E-state index in [9.17, 15) is 25.9 Å². The molecule has 0 bridgehead atoms. The van der Waals surface area contributed by atoms with Crippen LogP contribution in [0.4, 0.5) is 5.69 Å². The molecule has 2 atom stereocenters. The fourth-order valence-electron chi connectivity index (χ4n) is 4.76. The number of nitrogens with two attached hydrogens (primary N) is 1. The van der Waals surface area contributed by atoms with E-state index in [2.05, 4.69) is 11.0 Å². The molecule has 170 valence electrons. The lowest BCUT2D eigenvalue weighted by atomic mass is 9.57. The number of nitro benzene ring substituents is 1. The van der Waals surface area contributed by atoms with E-state index in [1.807, 2.05) is 32.1 Å². The smallest absolute Gasteiger partial charge is 0.276 e. The van der Waals surface area contributed by atoms with Gasteiger partial charge in [-0.1, -0.05) is 6.08 Å². The lowest BCUT2D eigenvalue weighted by molar-refractivity contribution is -0.386. The van der Waals surface area contributed by atoms with Crippen molar-refractivity contribution in [1.82, 2.24) is 4.90 Å². The Morgan fingerprint density at radius 3 is 2.30 bits per heavy atom. The second-order valence-electron chi connectivity index (χ2n) is 8.25. The second kappa shape index (κ2) is 8.82. The van der Waals surface area contributed by atoms with Crippen LogP contribution >= 0.6 is 0 Å². The molecular weight excluding hydrogens is 424 g/mol. The number of rotatable bonds is 5. The summed E-state index contributed by atoms with van der Waals surface area (Å²) >= 11 is 0. The van der Waals surface area contributed by atoms with Gasteiger partial charge >= 0.3 is 0 Å². The fraction of sp³-hybridized carbons (Fsp3) is 0.435. The number of benzene rings is 1. The minimum Gasteiger partial charge on any atom is -0.493 e. The molecule has 0 radical (unpaired) electrons. The van der Waals surface area contributed by atoms with Gasteiger partial charge in [-0.3, -0.25) is 15.0 Å². The quantitative estimate of drug-likeness (QED) is 0.527. The lowest BCUT2D eigenvalue weighted by Crippen LogP contribution is -2.49. The number of nitriles is 3. The SMILES string of the molecule is COc1cc([C@@H]2[C@H]3CN(C(C)C)CC=C3C(C#N)=C(N)C2(C#N)C#N)c([N+](=O)[O-])cc1OC. The average molecular weight is 448 g/mol. The van der Waals surface area contributed by atoms with Gasteiger partial charge in [0.25, 0.3) is 5.69 Å². The van der Waals surface area contributed by atoms with Gasteiger partial charge < -0.3 is 15.2 Å². The van der Waals surface area contributed by atoms with Gasteiger partial charge in [0.05, 0.1) is 48.6 Å². The zero-order valence-corrected chi connectivity index (χ0v) is 18.8. The normalized spacial score (nSPS) is 21.8. The van der Waals surface area contributed by atoms with Crippen molar-refractivity contribution in [2.45, 2.75) is 25.8 Å². The maximum absolute atomic E-state index is 12.1. The topological polar surface area (TPSA) is 162 Å². The molecule has 2 aliphatic rings. The van der Waals surface area contributed by atoms with Crippen molar-refractivity contribution in [3.8, 4) is 29.7 Å². The van der Waals surface area contributed by atoms with E-state index in [0.717, 1.165) is 0 Å². The third kappa shape index (κ3) is 3.53. The molecule has 1 heterocycles. The molecule has 33 heavy (non-hydrogen) atoms. The first kappa shape index (κ1) is 23.6. The van der Waals surface area contributed by atoms with Crippen LogP contribution < -0.4 is 15.2 Å². The summed E-state index contributed by atoms with van der Waals surface area (Å²) in [6.45, 7) is 4.96. The summed E-state index contributed by atoms with van der Waals surface area (Å²) in [6.07, 6.45) is 1.86. The van der Waals surface area contributed by atoms with Gasteiger partial charge in [0.2, 0.25) is 0 Å². The number of ether oxygens (including phenoxy) is 2. The molecule has 0 amide bonds. The van der Waals surface area contributed by atoms with Crippen molar-refractivity contribution < 1.29 is 14.4 Å². The van der Waals surface area contributed by atoms with Gasteiger partial charge in [-0.05, 0) is 25.5 Å². The first-order valence-electron chi connectivity index (χ1n) is 10.3. The van der Waals surface area contributed by atoms with Crippen LogP contribution in [-0.2, 0) is 0 Å². The number of methoxy groups -OCH3 is 2. The van der Waals surface area contributed by atoms with Gasteiger partial charge in [0.15, 0.2) is 16.9 Å². The summed E-state index contributed by atoms with van der Waals surface area (Å²) in [5.74, 6) is -1.21. The Labute approximate surface area is 191 Å². The van der Waals surface area contributed by atoms with Crippen molar-refractivity contribution in [3.05, 3.63) is 50.7 Å². The molecule has 10 nitrogen and oxygen atoms in total. The number of hydrogen-bond acceptors (Lipinski definition) is 9. The highest BCUT2D eigenvalue weighted by atomic mass is 16.6. The van der Waals surface area contributed by atoms with Crippen LogP contribution in [-0.4, -0.2) is 43.2 Å². The van der Waals surface area contributed by atoms with Crippen molar-refractivity contribution in [1.29, 1.82) is 15.8 Å². The molecule has 1 aromatic rings. The van der Waals surface area contributed by atoms with Gasteiger partial charge in [-0.2, -0.15) is 15.8 Å². The summed E-state index contributed by atoms with van der Waals surface area (Å²) in [4.78, 5) is 13.6. The van der Waals surface area contributed by atoms with Crippen LogP contribution in [0.2, 0.25) is 0 Å². The molecule has 0 fully saturated rings. The molecule has 0 aromatic heterocycles. The molecule has 0 unspecified atom stereocenters. The van der Waals surface area contributed by atoms with Crippen molar-refractivity contribution in [2.75, 3.05) is 27.3 Å². The van der Waals surface area contributed by atoms with E-state index in [-0.39, 0.29) is 40.1 Å². The molecule has 1 aliphatic carbocycles. The predicted molar refractivity (Wildman–Crippen MR) is 118 cm³/mol. The minimum absolute atomic E-state index is 0.0888.